The van der Waals surface area contributed by atoms with Crippen LogP contribution in [0.2, 0.25) is 0 Å². The van der Waals surface area contributed by atoms with Gasteiger partial charge in [0.1, 0.15) is 5.54 Å². The summed E-state index contributed by atoms with van der Waals surface area (Å²) < 4.78 is 5.68. The highest BCUT2D eigenvalue weighted by molar-refractivity contribution is 5.84. The number of rotatable bonds is 6. The zero-order chi connectivity index (χ0) is 20.1. The van der Waals surface area contributed by atoms with Gasteiger partial charge in [-0.25, -0.2) is 0 Å². The Bertz CT molecular complexity index is 934. The topological polar surface area (TPSA) is 80.9 Å². The average molecular weight is 390 g/mol. The first kappa shape index (κ1) is 19.3. The first-order valence-electron chi connectivity index (χ1n) is 10.3. The van der Waals surface area contributed by atoms with Crippen molar-refractivity contribution >= 4 is 5.91 Å². The molecule has 2 aromatic heterocycles. The molecule has 1 aliphatic rings. The van der Waals surface area contributed by atoms with Crippen LogP contribution in [-0.4, -0.2) is 21.0 Å². The van der Waals surface area contributed by atoms with Gasteiger partial charge < -0.3 is 9.84 Å². The molecule has 0 unspecified atom stereocenters. The summed E-state index contributed by atoms with van der Waals surface area (Å²) in [4.78, 5) is 22.1. The van der Waals surface area contributed by atoms with E-state index >= 15 is 0 Å². The van der Waals surface area contributed by atoms with Crippen LogP contribution in [-0.2, 0) is 10.3 Å². The third kappa shape index (κ3) is 4.06. The predicted octanol–water partition coefficient (Wildman–Crippen LogP) is 4.60. The van der Waals surface area contributed by atoms with Crippen LogP contribution >= 0.6 is 0 Å². The molecule has 0 aliphatic heterocycles. The zero-order valence-electron chi connectivity index (χ0n) is 16.7. The summed E-state index contributed by atoms with van der Waals surface area (Å²) in [5.41, 5.74) is 1.22. The summed E-state index contributed by atoms with van der Waals surface area (Å²) in [6.07, 6.45) is 8.95. The third-order valence-corrected chi connectivity index (χ3v) is 5.75. The Labute approximate surface area is 170 Å². The molecule has 0 spiro atoms. The second-order valence-electron chi connectivity index (χ2n) is 7.67. The van der Waals surface area contributed by atoms with Gasteiger partial charge in [-0.3, -0.25) is 9.78 Å². The van der Waals surface area contributed by atoms with Gasteiger partial charge in [-0.1, -0.05) is 61.7 Å². The molecule has 1 amide bonds. The fraction of sp³-hybridized carbons (Fsp3) is 0.391. The molecule has 29 heavy (non-hydrogen) atoms. The van der Waals surface area contributed by atoms with Crippen molar-refractivity contribution in [3.05, 3.63) is 66.3 Å². The molecule has 150 valence electrons. The molecule has 2 heterocycles. The quantitative estimate of drug-likeness (QED) is 0.665. The molecule has 1 aliphatic carbocycles. The number of carbonyl (C=O) groups excluding carboxylic acids is 1. The Kier molecular flexibility index (Phi) is 5.69. The van der Waals surface area contributed by atoms with Crippen LogP contribution in [0.4, 0.5) is 0 Å². The van der Waals surface area contributed by atoms with Gasteiger partial charge in [0.15, 0.2) is 0 Å². The molecule has 4 rings (SSSR count). The van der Waals surface area contributed by atoms with E-state index < -0.39 is 5.54 Å². The number of hydrogen-bond acceptors (Lipinski definition) is 5. The summed E-state index contributed by atoms with van der Waals surface area (Å²) in [6.45, 7) is 2.04. The van der Waals surface area contributed by atoms with Gasteiger partial charge in [0, 0.05) is 18.0 Å². The van der Waals surface area contributed by atoms with Crippen molar-refractivity contribution in [3.63, 3.8) is 0 Å². The van der Waals surface area contributed by atoms with E-state index in [4.69, 9.17) is 4.52 Å². The number of hydrogen-bond donors (Lipinski definition) is 1. The fourth-order valence-electron chi connectivity index (χ4n) is 4.16. The van der Waals surface area contributed by atoms with E-state index in [0.717, 1.165) is 49.7 Å². The minimum absolute atomic E-state index is 0.0155. The van der Waals surface area contributed by atoms with Crippen LogP contribution in [0.15, 0.2) is 59.4 Å². The maximum absolute atomic E-state index is 13.3. The van der Waals surface area contributed by atoms with Gasteiger partial charge in [0.05, 0.1) is 5.92 Å². The Hall–Kier alpha value is -3.02. The van der Waals surface area contributed by atoms with Gasteiger partial charge >= 0.3 is 0 Å². The molecule has 6 nitrogen and oxygen atoms in total. The minimum Gasteiger partial charge on any atom is -0.341 e. The van der Waals surface area contributed by atoms with Gasteiger partial charge in [-0.15, -0.1) is 0 Å². The van der Waals surface area contributed by atoms with Crippen LogP contribution in [0.25, 0.3) is 11.4 Å². The van der Waals surface area contributed by atoms with E-state index in [2.05, 4.69) is 20.4 Å². The first-order chi connectivity index (χ1) is 14.2. The van der Waals surface area contributed by atoms with E-state index in [1.807, 2.05) is 49.4 Å². The fourth-order valence-corrected chi connectivity index (χ4v) is 4.16. The van der Waals surface area contributed by atoms with Crippen molar-refractivity contribution in [1.29, 1.82) is 0 Å². The van der Waals surface area contributed by atoms with Gasteiger partial charge in [0.2, 0.25) is 11.7 Å². The van der Waals surface area contributed by atoms with Crippen LogP contribution in [0, 0.1) is 0 Å². The molecule has 0 bridgehead atoms. The Morgan fingerprint density at radius 3 is 2.62 bits per heavy atom. The van der Waals surface area contributed by atoms with E-state index in [9.17, 15) is 4.79 Å². The summed E-state index contributed by atoms with van der Waals surface area (Å²) in [7, 11) is 0. The number of aromatic nitrogens is 3. The van der Waals surface area contributed by atoms with Crippen LogP contribution in [0.3, 0.4) is 0 Å². The second kappa shape index (κ2) is 8.55. The molecular formula is C23H26N4O2. The minimum atomic E-state index is -0.606. The number of benzene rings is 1. The van der Waals surface area contributed by atoms with Gasteiger partial charge in [-0.2, -0.15) is 4.98 Å². The van der Waals surface area contributed by atoms with Crippen molar-refractivity contribution in [2.75, 3.05) is 0 Å². The smallest absolute Gasteiger partial charge is 0.252 e. The lowest BCUT2D eigenvalue weighted by Gasteiger charge is -2.36. The molecule has 1 aromatic carbocycles. The van der Waals surface area contributed by atoms with Crippen molar-refractivity contribution in [2.24, 2.45) is 0 Å². The molecular weight excluding hydrogens is 364 g/mol. The molecule has 6 heteroatoms. The average Bonchev–Trinajstić information content (AvgIpc) is 3.27. The first-order valence-corrected chi connectivity index (χ1v) is 10.3. The molecule has 3 aromatic rings. The normalized spacial score (nSPS) is 16.9. The Morgan fingerprint density at radius 1 is 1.14 bits per heavy atom. The zero-order valence-corrected chi connectivity index (χ0v) is 16.7. The maximum Gasteiger partial charge on any atom is 0.252 e. The van der Waals surface area contributed by atoms with Crippen molar-refractivity contribution < 1.29 is 9.32 Å². The van der Waals surface area contributed by atoms with Crippen molar-refractivity contribution in [2.45, 2.75) is 56.9 Å². The van der Waals surface area contributed by atoms with Gasteiger partial charge in [-0.05, 0) is 37.0 Å². The number of amides is 1. The van der Waals surface area contributed by atoms with Gasteiger partial charge in [0.25, 0.3) is 5.89 Å². The maximum atomic E-state index is 13.3. The number of nitrogens with one attached hydrogen (secondary N) is 1. The Balaban J connectivity index is 1.62. The standard InChI is InChI=1S/C23H26N4O2/c1-2-19(17-10-5-3-6-11-17)21(28)26-23(13-7-4-8-14-23)22-25-20(27-29-22)18-12-9-15-24-16-18/h3,5-6,9-12,15-16,19H,2,4,7-8,13-14H2,1H3,(H,26,28)/t19-/m0/s1. The van der Waals surface area contributed by atoms with E-state index in [1.54, 1.807) is 12.4 Å². The number of carbonyl (C=O) groups is 1. The Morgan fingerprint density at radius 2 is 1.93 bits per heavy atom. The van der Waals surface area contributed by atoms with Crippen LogP contribution in [0.5, 0.6) is 0 Å². The summed E-state index contributed by atoms with van der Waals surface area (Å²) in [5, 5.41) is 7.47. The summed E-state index contributed by atoms with van der Waals surface area (Å²) in [6, 6.07) is 13.7. The summed E-state index contributed by atoms with van der Waals surface area (Å²) >= 11 is 0. The highest BCUT2D eigenvalue weighted by atomic mass is 16.5. The number of pyridine rings is 1. The van der Waals surface area contributed by atoms with Crippen molar-refractivity contribution in [3.8, 4) is 11.4 Å². The van der Waals surface area contributed by atoms with Crippen LogP contribution in [0.1, 0.15) is 62.8 Å². The predicted molar refractivity (Wildman–Crippen MR) is 110 cm³/mol. The molecule has 0 saturated heterocycles. The SMILES string of the molecule is CC[C@H](C(=O)NC1(c2nc(-c3cccnc3)no2)CCCCC1)c1ccccc1. The van der Waals surface area contributed by atoms with E-state index in [1.165, 1.54) is 0 Å². The monoisotopic (exact) mass is 390 g/mol. The molecule has 1 N–H and O–H groups in total. The van der Waals surface area contributed by atoms with E-state index in [-0.39, 0.29) is 11.8 Å². The van der Waals surface area contributed by atoms with E-state index in [0.29, 0.717) is 11.7 Å². The molecule has 0 radical (unpaired) electrons. The summed E-state index contributed by atoms with van der Waals surface area (Å²) in [5.74, 6) is 0.812. The lowest BCUT2D eigenvalue weighted by Crippen LogP contribution is -2.49. The third-order valence-electron chi connectivity index (χ3n) is 5.75. The van der Waals surface area contributed by atoms with Crippen molar-refractivity contribution in [1.82, 2.24) is 20.4 Å². The highest BCUT2D eigenvalue weighted by Crippen LogP contribution is 2.38. The number of nitrogens with zero attached hydrogens (tertiary/aromatic N) is 3. The molecule has 1 saturated carbocycles. The lowest BCUT2D eigenvalue weighted by atomic mass is 9.80. The molecule has 1 fully saturated rings. The highest BCUT2D eigenvalue weighted by Gasteiger charge is 2.42. The van der Waals surface area contributed by atoms with Crippen LogP contribution < -0.4 is 5.32 Å². The second-order valence-corrected chi connectivity index (χ2v) is 7.67. The molecule has 1 atom stereocenters. The largest absolute Gasteiger partial charge is 0.341 e. The lowest BCUT2D eigenvalue weighted by molar-refractivity contribution is -0.125.